The Labute approximate surface area is 768 Å². The third-order valence-electron chi connectivity index (χ3n) is 23.6. The molecule has 6 aromatic rings. The molecule has 0 aliphatic carbocycles. The van der Waals surface area contributed by atoms with Crippen molar-refractivity contribution in [2.75, 3.05) is 39.9 Å². The number of sulfonamides is 1. The number of phenols is 1. The summed E-state index contributed by atoms with van der Waals surface area (Å²) in [6.07, 6.45) is -11.8. The number of aliphatic hydroxyl groups is 6. The van der Waals surface area contributed by atoms with E-state index in [9.17, 15) is 68.4 Å². The average molecular weight is 1880 g/mol. The van der Waals surface area contributed by atoms with Crippen LogP contribution in [0, 0.1) is 19.8 Å². The van der Waals surface area contributed by atoms with Gasteiger partial charge in [-0.2, -0.15) is 0 Å². The minimum Gasteiger partial charge on any atom is -0.507 e. The lowest BCUT2D eigenvalue weighted by atomic mass is 9.85. The number of amides is 8. The van der Waals surface area contributed by atoms with Crippen LogP contribution in [0.25, 0.3) is 11.1 Å². The summed E-state index contributed by atoms with van der Waals surface area (Å²) < 4.78 is 81.0. The number of hydrogen-bond acceptors (Lipinski definition) is 29. The molecule has 132 heavy (non-hydrogen) atoms. The van der Waals surface area contributed by atoms with E-state index in [4.69, 9.17) is 61.0 Å². The number of halogens is 1. The predicted octanol–water partition coefficient (Wildman–Crippen LogP) is 4.74. The highest BCUT2D eigenvalue weighted by atomic mass is 35.5. The number of carboxylic acids is 1. The van der Waals surface area contributed by atoms with Crippen LogP contribution >= 0.6 is 11.6 Å². The maximum atomic E-state index is 16.6. The van der Waals surface area contributed by atoms with Crippen LogP contribution in [0.1, 0.15) is 193 Å². The molecular formula is C91H119ClN12O27S. The minimum atomic E-state index is -4.15. The zero-order valence-electron chi connectivity index (χ0n) is 74.6. The van der Waals surface area contributed by atoms with Gasteiger partial charge < -0.3 is 138 Å². The summed E-state index contributed by atoms with van der Waals surface area (Å²) in [5.74, 6) is -13.7. The first-order valence-electron chi connectivity index (χ1n) is 44.0. The van der Waals surface area contributed by atoms with Gasteiger partial charge in [0.15, 0.2) is 29.9 Å². The highest BCUT2D eigenvalue weighted by Gasteiger charge is 2.52. The van der Waals surface area contributed by atoms with Crippen molar-refractivity contribution in [1.29, 1.82) is 0 Å². The molecule has 11 bridgehead atoms. The van der Waals surface area contributed by atoms with Crippen molar-refractivity contribution in [3.05, 3.63) is 147 Å². The molecule has 2 fully saturated rings. The quantitative estimate of drug-likeness (QED) is 0.0247. The number of benzene rings is 6. The van der Waals surface area contributed by atoms with Crippen molar-refractivity contribution in [3.63, 3.8) is 0 Å². The number of rotatable bonds is 33. The second-order valence-electron chi connectivity index (χ2n) is 34.2. The number of aliphatic carboxylic acids is 1. The number of phenolic OH excluding ortho intramolecular Hbond substituents is 1. The lowest BCUT2D eigenvalue weighted by Gasteiger charge is -2.47. The van der Waals surface area contributed by atoms with Crippen molar-refractivity contribution in [2.24, 2.45) is 17.4 Å². The number of fused-ring (bicyclic) bond motifs is 15. The van der Waals surface area contributed by atoms with Gasteiger partial charge in [-0.15, -0.1) is 0 Å². The molecule has 39 nitrogen and oxygen atoms in total. The van der Waals surface area contributed by atoms with E-state index >= 15 is 24.0 Å². The number of unbranched alkanes of at least 4 members (excludes halogenated alkanes) is 7. The van der Waals surface area contributed by atoms with Gasteiger partial charge in [0.25, 0.3) is 0 Å². The van der Waals surface area contributed by atoms with Crippen LogP contribution in [0.3, 0.4) is 0 Å². The Kier molecular flexibility index (Phi) is 34.8. The van der Waals surface area contributed by atoms with E-state index in [1.165, 1.54) is 89.3 Å². The summed E-state index contributed by atoms with van der Waals surface area (Å²) in [5, 5.41) is 118. The van der Waals surface area contributed by atoms with Crippen molar-refractivity contribution in [3.8, 4) is 57.1 Å². The molecule has 0 radical (unpaired) electrons. The molecule has 22 N–H and O–H groups in total. The molecule has 7 aliphatic heterocycles. The molecule has 8 amide bonds. The Bertz CT molecular complexity index is 5290. The largest absolute Gasteiger partial charge is 0.507 e. The van der Waals surface area contributed by atoms with Gasteiger partial charge in [-0.05, 0) is 183 Å². The van der Waals surface area contributed by atoms with Crippen molar-refractivity contribution in [1.82, 2.24) is 52.6 Å². The van der Waals surface area contributed by atoms with E-state index < -0.39 is 225 Å². The predicted molar refractivity (Wildman–Crippen MR) is 476 cm³/mol. The van der Waals surface area contributed by atoms with Crippen LogP contribution in [0.5, 0.6) is 46.0 Å². The number of aryl methyl sites for hydroxylation is 1. The molecule has 0 spiro atoms. The number of aliphatic hydroxyl groups excluding tert-OH is 6. The first kappa shape index (κ1) is 102. The first-order chi connectivity index (χ1) is 62.7. The standard InChI is InChI=1S/C91H119ClN12O27S/c1-10-12-14-15-16-17-29-97-90(121)129-63-39-55-69(46(6)56(63)42-96-30-31-98-132(122,123)53-24-22-52(23-25-53)124-32-18-13-11-2)54-35-48(19-26-60(54)106)70-84(115)104-74(87(118)102-72(55)88(119)120)76(109)50-21-28-62(57(92)36-50)127-65-38-51-37-64(79(65)131-89-80(78(111)77(110)66(43-105)128-89)130-68-41-91(8,94)81(112)47(7)125-68)126-61-27-20-49(34-45(61)5)75(108)73(103-82(113)58(95-9)33-44(3)4)86(117)99-59(40-67(93)107)83(114)100-71(51)85(116)101-70/h19-28,34-39,44,47,58-59,66,68,70-78,80-81,89,95-96,98,105-106,108-112H,10-18,29-33,40-43,94H2,1-9H3,(H2,93,107)(H,97,121)(H,99,117)(H,100,114)(H,101,116)(H,102,118)(H,103,113)(H,104,115)(H,119,120)/t47-,58+,59-,66+,68-,70+,71+,72-,73+,74-,75+,76+,77+,78-,80+,81+,89-,91-/m0/s1. The van der Waals surface area contributed by atoms with Gasteiger partial charge in [0, 0.05) is 49.3 Å². The van der Waals surface area contributed by atoms with Crippen LogP contribution < -0.4 is 87.7 Å². The lowest BCUT2D eigenvalue weighted by molar-refractivity contribution is -0.333. The summed E-state index contributed by atoms with van der Waals surface area (Å²) >= 11 is 7.25. The molecule has 18 atom stereocenters. The molecule has 0 aromatic heterocycles. The second-order valence-corrected chi connectivity index (χ2v) is 36.4. The number of nitrogens with two attached hydrogens (primary N) is 2. The van der Waals surface area contributed by atoms with Crippen molar-refractivity contribution in [2.45, 2.75) is 253 Å². The Morgan fingerprint density at radius 3 is 2.00 bits per heavy atom. The lowest BCUT2D eigenvalue weighted by Crippen LogP contribution is -2.64. The maximum absolute atomic E-state index is 16.6. The Morgan fingerprint density at radius 2 is 1.35 bits per heavy atom. The fourth-order valence-electron chi connectivity index (χ4n) is 16.3. The first-order valence-corrected chi connectivity index (χ1v) is 45.9. The number of aromatic hydroxyl groups is 1. The number of primary amides is 1. The number of ether oxygens (including phenoxy) is 8. The van der Waals surface area contributed by atoms with Gasteiger partial charge >= 0.3 is 12.1 Å². The van der Waals surface area contributed by atoms with E-state index in [1.54, 1.807) is 0 Å². The van der Waals surface area contributed by atoms with Crippen LogP contribution in [-0.2, 0) is 69.1 Å². The molecule has 6 aromatic carbocycles. The molecule has 7 aliphatic rings. The van der Waals surface area contributed by atoms with Crippen molar-refractivity contribution >= 4 is 75.0 Å². The number of hydrogen-bond donors (Lipinski definition) is 20. The van der Waals surface area contributed by atoms with Gasteiger partial charge in [0.1, 0.15) is 89.5 Å². The molecule has 2 saturated heterocycles. The zero-order chi connectivity index (χ0) is 95.9. The van der Waals surface area contributed by atoms with E-state index in [1.807, 2.05) is 13.8 Å². The third-order valence-corrected chi connectivity index (χ3v) is 25.4. The summed E-state index contributed by atoms with van der Waals surface area (Å²) in [7, 11) is -2.66. The van der Waals surface area contributed by atoms with Crippen LogP contribution in [-0.4, -0.2) is 221 Å². The molecule has 41 heteroatoms. The van der Waals surface area contributed by atoms with Gasteiger partial charge in [0.05, 0.1) is 47.8 Å². The highest BCUT2D eigenvalue weighted by molar-refractivity contribution is 7.89. The van der Waals surface area contributed by atoms with Gasteiger partial charge in [-0.25, -0.2) is 22.7 Å². The average Bonchev–Trinajstić information content (AvgIpc) is 0.753. The Balaban J connectivity index is 1.11. The van der Waals surface area contributed by atoms with Crippen molar-refractivity contribution < 1.29 is 130 Å². The zero-order valence-corrected chi connectivity index (χ0v) is 76.2. The van der Waals surface area contributed by atoms with Crippen LogP contribution in [0.15, 0.2) is 102 Å². The highest BCUT2D eigenvalue weighted by Crippen LogP contribution is 2.50. The normalized spacial score (nSPS) is 25.3. The third kappa shape index (κ3) is 24.7. The van der Waals surface area contributed by atoms with Crippen LogP contribution in [0.4, 0.5) is 4.79 Å². The number of likely N-dealkylation sites (N-methyl/N-ethyl adjacent to an activating group) is 1. The fraction of sp³-hybridized carbons (Fsp3) is 0.505. The smallest absolute Gasteiger partial charge is 0.412 e. The number of carboxylic acid groups (broad SMARTS) is 1. The Hall–Kier alpha value is -10.9. The SMILES string of the molecule is CCCCCCCCNC(=O)Oc1cc2c(c(C)c1CNCCNS(=O)(=O)c1ccc(OCCCCC)cc1)-c1cc(ccc1O)[C@H]1NC(=O)[C@@H]3NC(=O)[C@H](CC(N)=O)NC(=O)[C@H](NC(=O)[C@@H](CC(C)C)NC)[C@H](O)c4ccc(c(C)c4)Oc4cc3cc(c4O[C@@H]3O[C@H](CO)[C@@H](O)[C@H](O)[C@H]3O[C@H]3C[C@](C)(N)[C@H](O)[C@H](C)O3)Oc3ccc(cc3Cl)[C@@H](O)[C@H](NC1=O)C(=O)N[C@@H]2C(=O)O. The Morgan fingerprint density at radius 1 is 0.705 bits per heavy atom. The van der Waals surface area contributed by atoms with Gasteiger partial charge in [-0.3, -0.25) is 33.6 Å². The number of nitrogens with one attached hydrogen (secondary N) is 10. The van der Waals surface area contributed by atoms with E-state index in [0.29, 0.717) is 18.8 Å². The molecule has 0 unspecified atom stereocenters. The topological polar surface area (TPSA) is 596 Å². The van der Waals surface area contributed by atoms with E-state index in [0.717, 1.165) is 93.8 Å². The maximum Gasteiger partial charge on any atom is 0.412 e. The fourth-order valence-corrected chi connectivity index (χ4v) is 17.6. The van der Waals surface area contributed by atoms with Gasteiger partial charge in [-0.1, -0.05) is 102 Å². The summed E-state index contributed by atoms with van der Waals surface area (Å²) in [6.45, 7) is 12.7. The molecule has 7 heterocycles. The van der Waals surface area contributed by atoms with Gasteiger partial charge in [0.2, 0.25) is 63.4 Å². The molecule has 718 valence electrons. The summed E-state index contributed by atoms with van der Waals surface area (Å²) in [4.78, 5) is 135. The minimum absolute atomic E-state index is 0.0254. The molecular weight excluding hydrogens is 1760 g/mol. The summed E-state index contributed by atoms with van der Waals surface area (Å²) in [5.41, 5.74) is 9.28. The monoisotopic (exact) mass is 1880 g/mol. The number of carbonyl (C=O) groups is 9. The summed E-state index contributed by atoms with van der Waals surface area (Å²) in [6, 6.07) is 5.55. The van der Waals surface area contributed by atoms with Crippen LogP contribution in [0.2, 0.25) is 5.02 Å². The number of carbonyl (C=O) groups excluding carboxylic acids is 8. The van der Waals surface area contributed by atoms with E-state index in [2.05, 4.69) is 66.4 Å². The molecule has 13 rings (SSSR count). The van der Waals surface area contributed by atoms with E-state index in [-0.39, 0.29) is 112 Å². The second kappa shape index (κ2) is 45.2. The molecule has 0 saturated carbocycles.